The minimum Gasteiger partial charge on any atom is -0.411 e. The summed E-state index contributed by atoms with van der Waals surface area (Å²) in [5.74, 6) is -0.105. The van der Waals surface area contributed by atoms with Crippen LogP contribution in [0.3, 0.4) is 0 Å². The van der Waals surface area contributed by atoms with Gasteiger partial charge in [-0.2, -0.15) is 0 Å². The Bertz CT molecular complexity index is 479. The van der Waals surface area contributed by atoms with Gasteiger partial charge >= 0.3 is 0 Å². The van der Waals surface area contributed by atoms with Crippen molar-refractivity contribution in [3.8, 4) is 0 Å². The van der Waals surface area contributed by atoms with Crippen molar-refractivity contribution in [3.05, 3.63) is 34.6 Å². The molecule has 0 bridgehead atoms. The van der Waals surface area contributed by atoms with Crippen LogP contribution in [0.4, 0.5) is 4.39 Å². The molecule has 0 radical (unpaired) electrons. The molecule has 2 rings (SSSR count). The maximum absolute atomic E-state index is 13.4. The Labute approximate surface area is 117 Å². The van der Waals surface area contributed by atoms with Gasteiger partial charge in [0.25, 0.3) is 0 Å². The lowest BCUT2D eigenvalue weighted by molar-refractivity contribution is 0.220. The van der Waals surface area contributed by atoms with Gasteiger partial charge in [-0.15, -0.1) is 0 Å². The number of hydrogen-bond donors (Lipinski definition) is 1. The van der Waals surface area contributed by atoms with E-state index in [0.717, 1.165) is 37.2 Å². The lowest BCUT2D eigenvalue weighted by Crippen LogP contribution is -2.40. The first-order valence-electron chi connectivity index (χ1n) is 6.51. The third-order valence-electron chi connectivity index (χ3n) is 3.68. The van der Waals surface area contributed by atoms with Crippen LogP contribution in [0, 0.1) is 11.7 Å². The van der Waals surface area contributed by atoms with Crippen molar-refractivity contribution in [3.63, 3.8) is 0 Å². The normalized spacial score (nSPS) is 22.9. The molecule has 1 aliphatic rings. The number of nitrogens with zero attached hydrogens (tertiary/aromatic N) is 2. The van der Waals surface area contributed by atoms with Crippen LogP contribution < -0.4 is 0 Å². The first kappa shape index (κ1) is 14.3. The Hall–Kier alpha value is -1.13. The van der Waals surface area contributed by atoms with Gasteiger partial charge in [-0.3, -0.25) is 4.90 Å². The average Bonchev–Trinajstić information content (AvgIpc) is 2.43. The van der Waals surface area contributed by atoms with Crippen LogP contribution in [-0.2, 0) is 6.54 Å². The molecule has 1 saturated heterocycles. The summed E-state index contributed by atoms with van der Waals surface area (Å²) < 4.78 is 13.4. The lowest BCUT2D eigenvalue weighted by Gasteiger charge is -2.32. The highest BCUT2D eigenvalue weighted by molar-refractivity contribution is 6.31. The Morgan fingerprint density at radius 2 is 2.32 bits per heavy atom. The van der Waals surface area contributed by atoms with Gasteiger partial charge in [-0.1, -0.05) is 35.8 Å². The highest BCUT2D eigenvalue weighted by Crippen LogP contribution is 2.24. The molecule has 0 aromatic heterocycles. The molecular weight excluding hydrogens is 267 g/mol. The van der Waals surface area contributed by atoms with Crippen LogP contribution in [0.2, 0.25) is 5.02 Å². The molecule has 1 heterocycles. The first-order chi connectivity index (χ1) is 9.15. The first-order valence-corrected chi connectivity index (χ1v) is 6.89. The summed E-state index contributed by atoms with van der Waals surface area (Å²) in [6.07, 6.45) is 1.69. The van der Waals surface area contributed by atoms with E-state index in [1.165, 1.54) is 6.07 Å². The molecule has 1 atom stereocenters. The van der Waals surface area contributed by atoms with Crippen molar-refractivity contribution in [2.75, 3.05) is 13.1 Å². The third-order valence-corrected chi connectivity index (χ3v) is 4.10. The topological polar surface area (TPSA) is 35.8 Å². The molecule has 1 aromatic carbocycles. The van der Waals surface area contributed by atoms with E-state index >= 15 is 0 Å². The fourth-order valence-corrected chi connectivity index (χ4v) is 2.72. The number of rotatable bonds is 3. The summed E-state index contributed by atoms with van der Waals surface area (Å²) in [5.41, 5.74) is 1.67. The number of piperidine rings is 1. The zero-order valence-electron chi connectivity index (χ0n) is 10.9. The van der Waals surface area contributed by atoms with E-state index in [4.69, 9.17) is 16.8 Å². The smallest absolute Gasteiger partial charge is 0.142 e. The van der Waals surface area contributed by atoms with Gasteiger partial charge in [0.1, 0.15) is 5.82 Å². The second kappa shape index (κ2) is 6.35. The standard InChI is InChI=1S/C14H18ClFN2O/c1-2-10-8-18(7-6-13(10)17-19)9-11-4-3-5-12(16)14(11)15/h3-5,10,19H,2,6-9H2,1H3/b17-13+. The molecule has 1 N–H and O–H groups in total. The fourth-order valence-electron chi connectivity index (χ4n) is 2.54. The van der Waals surface area contributed by atoms with Gasteiger partial charge in [0, 0.05) is 32.0 Å². The number of benzene rings is 1. The summed E-state index contributed by atoms with van der Waals surface area (Å²) in [6.45, 7) is 4.34. The SMILES string of the molecule is CCC1CN(Cc2cccc(F)c2Cl)CC/C1=N\O. The summed E-state index contributed by atoms with van der Waals surface area (Å²) in [6, 6.07) is 4.90. The molecule has 0 aliphatic carbocycles. The number of oxime groups is 1. The summed E-state index contributed by atoms with van der Waals surface area (Å²) in [4.78, 5) is 2.23. The van der Waals surface area contributed by atoms with Gasteiger partial charge < -0.3 is 5.21 Å². The Balaban J connectivity index is 2.06. The number of likely N-dealkylation sites (tertiary alicyclic amines) is 1. The monoisotopic (exact) mass is 284 g/mol. The second-order valence-electron chi connectivity index (χ2n) is 4.89. The maximum atomic E-state index is 13.4. The van der Waals surface area contributed by atoms with Crippen LogP contribution >= 0.6 is 11.6 Å². The van der Waals surface area contributed by atoms with Gasteiger partial charge in [-0.05, 0) is 18.1 Å². The summed E-state index contributed by atoms with van der Waals surface area (Å²) in [7, 11) is 0. The van der Waals surface area contributed by atoms with E-state index in [0.29, 0.717) is 6.54 Å². The van der Waals surface area contributed by atoms with Gasteiger partial charge in [-0.25, -0.2) is 4.39 Å². The third kappa shape index (κ3) is 3.25. The van der Waals surface area contributed by atoms with E-state index in [2.05, 4.69) is 17.0 Å². The molecule has 1 aliphatic heterocycles. The molecular formula is C14H18ClFN2O. The highest BCUT2D eigenvalue weighted by Gasteiger charge is 2.25. The number of halogens is 2. The highest BCUT2D eigenvalue weighted by atomic mass is 35.5. The van der Waals surface area contributed by atoms with Crippen LogP contribution in [0.25, 0.3) is 0 Å². The van der Waals surface area contributed by atoms with Crippen molar-refractivity contribution >= 4 is 17.3 Å². The minimum atomic E-state index is -0.374. The van der Waals surface area contributed by atoms with Gasteiger partial charge in [0.05, 0.1) is 10.7 Å². The Kier molecular flexibility index (Phi) is 4.77. The second-order valence-corrected chi connectivity index (χ2v) is 5.27. The molecule has 1 aromatic rings. The lowest BCUT2D eigenvalue weighted by atomic mass is 9.93. The molecule has 5 heteroatoms. The molecule has 0 saturated carbocycles. The average molecular weight is 285 g/mol. The fraction of sp³-hybridized carbons (Fsp3) is 0.500. The zero-order chi connectivity index (χ0) is 13.8. The van der Waals surface area contributed by atoms with Crippen molar-refractivity contribution in [2.24, 2.45) is 11.1 Å². The Morgan fingerprint density at radius 3 is 3.00 bits per heavy atom. The van der Waals surface area contributed by atoms with Crippen molar-refractivity contribution in [2.45, 2.75) is 26.3 Å². The van der Waals surface area contributed by atoms with E-state index in [1.807, 2.05) is 6.07 Å². The Morgan fingerprint density at radius 1 is 1.53 bits per heavy atom. The molecule has 104 valence electrons. The maximum Gasteiger partial charge on any atom is 0.142 e. The van der Waals surface area contributed by atoms with Crippen LogP contribution in [-0.4, -0.2) is 28.9 Å². The van der Waals surface area contributed by atoms with Gasteiger partial charge in [0.2, 0.25) is 0 Å². The quantitative estimate of drug-likeness (QED) is 0.681. The predicted molar refractivity (Wildman–Crippen MR) is 74.3 cm³/mol. The van der Waals surface area contributed by atoms with Crippen LogP contribution in [0.15, 0.2) is 23.4 Å². The zero-order valence-corrected chi connectivity index (χ0v) is 11.7. The van der Waals surface area contributed by atoms with E-state index in [-0.39, 0.29) is 16.8 Å². The largest absolute Gasteiger partial charge is 0.411 e. The summed E-state index contributed by atoms with van der Waals surface area (Å²) >= 11 is 5.97. The van der Waals surface area contributed by atoms with E-state index in [1.54, 1.807) is 6.07 Å². The molecule has 3 nitrogen and oxygen atoms in total. The predicted octanol–water partition coefficient (Wildman–Crippen LogP) is 3.54. The molecule has 0 spiro atoms. The summed E-state index contributed by atoms with van der Waals surface area (Å²) in [5, 5.41) is 12.5. The molecule has 19 heavy (non-hydrogen) atoms. The van der Waals surface area contributed by atoms with Crippen LogP contribution in [0.1, 0.15) is 25.3 Å². The van der Waals surface area contributed by atoms with E-state index < -0.39 is 0 Å². The number of hydrogen-bond acceptors (Lipinski definition) is 3. The van der Waals surface area contributed by atoms with Crippen molar-refractivity contribution in [1.82, 2.24) is 4.90 Å². The minimum absolute atomic E-state index is 0.206. The van der Waals surface area contributed by atoms with Crippen molar-refractivity contribution < 1.29 is 9.60 Å². The van der Waals surface area contributed by atoms with Crippen LogP contribution in [0.5, 0.6) is 0 Å². The molecule has 1 unspecified atom stereocenters. The molecule has 0 amide bonds. The van der Waals surface area contributed by atoms with Crippen molar-refractivity contribution in [1.29, 1.82) is 0 Å². The van der Waals surface area contributed by atoms with Gasteiger partial charge in [0.15, 0.2) is 0 Å². The van der Waals surface area contributed by atoms with E-state index in [9.17, 15) is 4.39 Å². The molecule has 1 fully saturated rings.